The maximum absolute atomic E-state index is 12.9. The van der Waals surface area contributed by atoms with Gasteiger partial charge in [0.25, 0.3) is 0 Å². The molecule has 0 spiro atoms. The summed E-state index contributed by atoms with van der Waals surface area (Å²) in [7, 11) is 0. The van der Waals surface area contributed by atoms with Crippen LogP contribution in [0, 0.1) is 0 Å². The van der Waals surface area contributed by atoms with Crippen LogP contribution >= 0.6 is 0 Å². The van der Waals surface area contributed by atoms with Crippen molar-refractivity contribution in [1.82, 2.24) is 0 Å². The Hall–Kier alpha value is -2.89. The SMILES string of the molecule is CC/C=C\C/C=C\C/C=C\C/C=C\CCC(=O)OCC(COC(=O)CCCCCCCCCCCCC/C=C\CCCCCCCCCC)OC(=O)CCCCCCCCCCCCCCCCCC. The molecule has 0 aliphatic heterocycles. The zero-order chi connectivity index (χ0) is 50.7. The van der Waals surface area contributed by atoms with E-state index in [0.717, 1.165) is 64.2 Å². The van der Waals surface area contributed by atoms with Gasteiger partial charge in [-0.05, 0) is 70.6 Å². The summed E-state index contributed by atoms with van der Waals surface area (Å²) in [6.45, 7) is 6.50. The molecular weight excluding hydrogens is 865 g/mol. The molecule has 0 aliphatic carbocycles. The summed E-state index contributed by atoms with van der Waals surface area (Å²) < 4.78 is 16.8. The summed E-state index contributed by atoms with van der Waals surface area (Å²) in [4.78, 5) is 38.1. The molecule has 6 nitrogen and oxygen atoms in total. The quantitative estimate of drug-likeness (QED) is 0.0261. The van der Waals surface area contributed by atoms with E-state index in [2.05, 4.69) is 75.5 Å². The largest absolute Gasteiger partial charge is 0.462 e. The summed E-state index contributed by atoms with van der Waals surface area (Å²) in [6, 6.07) is 0. The average molecular weight is 980 g/mol. The zero-order valence-corrected chi connectivity index (χ0v) is 46.5. The molecule has 6 heteroatoms. The molecular formula is C64H114O6. The van der Waals surface area contributed by atoms with Crippen LogP contribution in [0.4, 0.5) is 0 Å². The molecule has 0 saturated carbocycles. The highest BCUT2D eigenvalue weighted by Crippen LogP contribution is 2.17. The van der Waals surface area contributed by atoms with Gasteiger partial charge in [0.2, 0.25) is 0 Å². The smallest absolute Gasteiger partial charge is 0.306 e. The van der Waals surface area contributed by atoms with Crippen molar-refractivity contribution < 1.29 is 28.6 Å². The van der Waals surface area contributed by atoms with Crippen molar-refractivity contribution in [3.05, 3.63) is 60.8 Å². The molecule has 0 fully saturated rings. The molecule has 0 heterocycles. The molecule has 1 unspecified atom stereocenters. The molecule has 0 amide bonds. The Morgan fingerprint density at radius 2 is 0.586 bits per heavy atom. The molecule has 0 aromatic carbocycles. The standard InChI is InChI=1S/C64H114O6/c1-4-7-10-13-16-19-22-25-27-29-30-31-32-33-34-35-37-39-42-45-48-51-54-57-63(66)69-60-61(59-68-62(65)56-53-50-47-44-41-38-24-21-18-15-12-9-6-3)70-64(67)58-55-52-49-46-43-40-36-28-26-23-20-17-14-11-8-5-2/h9,12,18,21,29-30,38,41,47,50,61H,4-8,10-11,13-17,19-20,22-28,31-37,39-40,42-46,48-49,51-60H2,1-3H3/b12-9-,21-18-,30-29-,41-38-,50-47-. The Kier molecular flexibility index (Phi) is 56.3. The zero-order valence-electron chi connectivity index (χ0n) is 46.5. The highest BCUT2D eigenvalue weighted by Gasteiger charge is 2.19. The number of hydrogen-bond acceptors (Lipinski definition) is 6. The highest BCUT2D eigenvalue weighted by atomic mass is 16.6. The predicted molar refractivity (Wildman–Crippen MR) is 302 cm³/mol. The van der Waals surface area contributed by atoms with Gasteiger partial charge in [-0.3, -0.25) is 14.4 Å². The summed E-state index contributed by atoms with van der Waals surface area (Å²) in [6.07, 6.45) is 73.8. The van der Waals surface area contributed by atoms with Crippen LogP contribution in [0.2, 0.25) is 0 Å². The van der Waals surface area contributed by atoms with E-state index in [1.165, 1.54) is 199 Å². The third kappa shape index (κ3) is 56.0. The van der Waals surface area contributed by atoms with Crippen LogP contribution in [0.15, 0.2) is 60.8 Å². The molecule has 0 radical (unpaired) electrons. The minimum atomic E-state index is -0.801. The third-order valence-corrected chi connectivity index (χ3v) is 13.3. The van der Waals surface area contributed by atoms with Crippen molar-refractivity contribution in [2.75, 3.05) is 13.2 Å². The molecule has 0 aliphatic rings. The van der Waals surface area contributed by atoms with E-state index in [0.29, 0.717) is 19.3 Å². The Balaban J connectivity index is 4.32. The first kappa shape index (κ1) is 67.1. The molecule has 70 heavy (non-hydrogen) atoms. The number of ether oxygens (including phenoxy) is 3. The van der Waals surface area contributed by atoms with Gasteiger partial charge in [-0.2, -0.15) is 0 Å². The van der Waals surface area contributed by atoms with Crippen LogP contribution in [-0.4, -0.2) is 37.2 Å². The van der Waals surface area contributed by atoms with Crippen molar-refractivity contribution in [3.63, 3.8) is 0 Å². The van der Waals surface area contributed by atoms with Gasteiger partial charge in [0.05, 0.1) is 0 Å². The van der Waals surface area contributed by atoms with Crippen molar-refractivity contribution in [1.29, 1.82) is 0 Å². The van der Waals surface area contributed by atoms with Crippen LogP contribution in [0.5, 0.6) is 0 Å². The van der Waals surface area contributed by atoms with E-state index in [1.54, 1.807) is 0 Å². The maximum Gasteiger partial charge on any atom is 0.306 e. The van der Waals surface area contributed by atoms with Gasteiger partial charge in [0.15, 0.2) is 6.10 Å². The van der Waals surface area contributed by atoms with Gasteiger partial charge in [0, 0.05) is 19.3 Å². The van der Waals surface area contributed by atoms with Crippen molar-refractivity contribution in [2.24, 2.45) is 0 Å². The molecule has 0 bridgehead atoms. The Morgan fingerprint density at radius 3 is 0.957 bits per heavy atom. The molecule has 406 valence electrons. The Bertz CT molecular complexity index is 1260. The second kappa shape index (κ2) is 58.7. The first-order chi connectivity index (χ1) is 34.5. The van der Waals surface area contributed by atoms with Gasteiger partial charge in [0.1, 0.15) is 13.2 Å². The Morgan fingerprint density at radius 1 is 0.300 bits per heavy atom. The lowest BCUT2D eigenvalue weighted by Crippen LogP contribution is -2.30. The van der Waals surface area contributed by atoms with Gasteiger partial charge >= 0.3 is 17.9 Å². The van der Waals surface area contributed by atoms with Crippen LogP contribution in [0.3, 0.4) is 0 Å². The lowest BCUT2D eigenvalue weighted by atomic mass is 10.0. The van der Waals surface area contributed by atoms with Gasteiger partial charge in [-0.25, -0.2) is 0 Å². The molecule has 0 N–H and O–H groups in total. The Labute approximate surface area is 434 Å². The fourth-order valence-corrected chi connectivity index (χ4v) is 8.75. The van der Waals surface area contributed by atoms with Crippen LogP contribution < -0.4 is 0 Å². The summed E-state index contributed by atoms with van der Waals surface area (Å²) in [5, 5.41) is 0. The fraction of sp³-hybridized carbons (Fsp3) is 0.797. The molecule has 0 aromatic rings. The minimum absolute atomic E-state index is 0.0935. The van der Waals surface area contributed by atoms with E-state index in [-0.39, 0.29) is 37.5 Å². The van der Waals surface area contributed by atoms with E-state index >= 15 is 0 Å². The van der Waals surface area contributed by atoms with E-state index in [1.807, 2.05) is 6.08 Å². The number of allylic oxidation sites excluding steroid dienone is 10. The van der Waals surface area contributed by atoms with Crippen LogP contribution in [0.25, 0.3) is 0 Å². The average Bonchev–Trinajstić information content (AvgIpc) is 3.36. The summed E-state index contributed by atoms with van der Waals surface area (Å²) in [5.41, 5.74) is 0. The summed E-state index contributed by atoms with van der Waals surface area (Å²) in [5.74, 6) is -0.965. The first-order valence-electron chi connectivity index (χ1n) is 30.3. The summed E-state index contributed by atoms with van der Waals surface area (Å²) >= 11 is 0. The van der Waals surface area contributed by atoms with Crippen molar-refractivity contribution in [3.8, 4) is 0 Å². The van der Waals surface area contributed by atoms with Gasteiger partial charge < -0.3 is 14.2 Å². The molecule has 0 rings (SSSR count). The van der Waals surface area contributed by atoms with Gasteiger partial charge in [-0.1, -0.05) is 281 Å². The van der Waals surface area contributed by atoms with Gasteiger partial charge in [-0.15, -0.1) is 0 Å². The lowest BCUT2D eigenvalue weighted by Gasteiger charge is -2.18. The topological polar surface area (TPSA) is 78.9 Å². The number of rotatable bonds is 55. The number of unbranched alkanes of at least 4 members (excludes halogenated alkanes) is 34. The monoisotopic (exact) mass is 979 g/mol. The van der Waals surface area contributed by atoms with E-state index in [4.69, 9.17) is 14.2 Å². The van der Waals surface area contributed by atoms with Crippen molar-refractivity contribution >= 4 is 17.9 Å². The molecule has 0 saturated heterocycles. The third-order valence-electron chi connectivity index (χ3n) is 13.3. The fourth-order valence-electron chi connectivity index (χ4n) is 8.75. The minimum Gasteiger partial charge on any atom is -0.462 e. The van der Waals surface area contributed by atoms with Crippen LogP contribution in [0.1, 0.15) is 310 Å². The predicted octanol–water partition coefficient (Wildman–Crippen LogP) is 20.4. The second-order valence-corrected chi connectivity index (χ2v) is 20.2. The number of carbonyl (C=O) groups is 3. The molecule has 1 atom stereocenters. The van der Waals surface area contributed by atoms with E-state index < -0.39 is 6.10 Å². The number of hydrogen-bond donors (Lipinski definition) is 0. The first-order valence-corrected chi connectivity index (χ1v) is 30.3. The normalized spacial score (nSPS) is 12.4. The maximum atomic E-state index is 12.9. The number of carbonyl (C=O) groups excluding carboxylic acids is 3. The van der Waals surface area contributed by atoms with E-state index in [9.17, 15) is 14.4 Å². The molecule has 0 aromatic heterocycles. The van der Waals surface area contributed by atoms with Crippen LogP contribution in [-0.2, 0) is 28.6 Å². The highest BCUT2D eigenvalue weighted by molar-refractivity contribution is 5.71. The van der Waals surface area contributed by atoms with Crippen molar-refractivity contribution in [2.45, 2.75) is 316 Å². The lowest BCUT2D eigenvalue weighted by molar-refractivity contribution is -0.166. The second-order valence-electron chi connectivity index (χ2n) is 20.2. The number of esters is 3.